The minimum atomic E-state index is -0.566. The Bertz CT molecular complexity index is 394. The molecule has 1 aliphatic heterocycles. The van der Waals surface area contributed by atoms with Gasteiger partial charge in [0.1, 0.15) is 11.6 Å². The molecule has 0 N–H and O–H groups in total. The van der Waals surface area contributed by atoms with Gasteiger partial charge in [-0.05, 0) is 12.1 Å². The van der Waals surface area contributed by atoms with E-state index in [4.69, 9.17) is 0 Å². The maximum absolute atomic E-state index is 13.1. The molecule has 0 spiro atoms. The maximum atomic E-state index is 13.1. The molecule has 13 heavy (non-hydrogen) atoms. The summed E-state index contributed by atoms with van der Waals surface area (Å²) in [6, 6.07) is 3.50. The quantitative estimate of drug-likeness (QED) is 0.628. The van der Waals surface area contributed by atoms with Gasteiger partial charge in [0.25, 0.3) is 0 Å². The van der Waals surface area contributed by atoms with Gasteiger partial charge >= 0.3 is 0 Å². The molecule has 0 aliphatic carbocycles. The van der Waals surface area contributed by atoms with Gasteiger partial charge in [-0.1, -0.05) is 6.08 Å². The molecule has 1 aromatic rings. The summed E-state index contributed by atoms with van der Waals surface area (Å²) in [4.78, 5) is 3.97. The molecule has 0 bridgehead atoms. The van der Waals surface area contributed by atoms with Gasteiger partial charge in [0.05, 0.1) is 5.70 Å². The van der Waals surface area contributed by atoms with Crippen LogP contribution in [-0.4, -0.2) is 6.21 Å². The molecule has 1 nitrogen and oxygen atoms in total. The van der Waals surface area contributed by atoms with Crippen LogP contribution in [0.25, 0.3) is 5.70 Å². The van der Waals surface area contributed by atoms with Crippen LogP contribution >= 0.6 is 0 Å². The second kappa shape index (κ2) is 3.09. The van der Waals surface area contributed by atoms with E-state index < -0.39 is 11.6 Å². The summed E-state index contributed by atoms with van der Waals surface area (Å²) in [5.74, 6) is -1.13. The van der Waals surface area contributed by atoms with Gasteiger partial charge in [-0.3, -0.25) is 4.99 Å². The third-order valence-electron chi connectivity index (χ3n) is 1.85. The Morgan fingerprint density at radius 1 is 1.23 bits per heavy atom. The monoisotopic (exact) mass is 179 g/mol. The molecule has 0 radical (unpaired) electrons. The highest BCUT2D eigenvalue weighted by Gasteiger charge is 2.09. The SMILES string of the molecule is Fc1ccc(C2=CCC=N2)c(F)c1. The molecule has 66 valence electrons. The van der Waals surface area contributed by atoms with E-state index in [1.165, 1.54) is 12.1 Å². The van der Waals surface area contributed by atoms with Crippen LogP contribution in [0.1, 0.15) is 12.0 Å². The van der Waals surface area contributed by atoms with Crippen molar-refractivity contribution in [3.8, 4) is 0 Å². The van der Waals surface area contributed by atoms with Crippen LogP contribution in [-0.2, 0) is 0 Å². The fourth-order valence-electron chi connectivity index (χ4n) is 1.24. The third-order valence-corrected chi connectivity index (χ3v) is 1.85. The van der Waals surface area contributed by atoms with Crippen LogP contribution in [0.15, 0.2) is 29.3 Å². The van der Waals surface area contributed by atoms with Crippen LogP contribution < -0.4 is 0 Å². The second-order valence-electron chi connectivity index (χ2n) is 2.76. The Labute approximate surface area is 74.4 Å². The van der Waals surface area contributed by atoms with Gasteiger partial charge in [0.15, 0.2) is 0 Å². The van der Waals surface area contributed by atoms with Crippen molar-refractivity contribution in [1.29, 1.82) is 0 Å². The van der Waals surface area contributed by atoms with E-state index in [2.05, 4.69) is 4.99 Å². The lowest BCUT2D eigenvalue weighted by molar-refractivity contribution is 0.581. The second-order valence-corrected chi connectivity index (χ2v) is 2.76. The Hall–Kier alpha value is -1.51. The van der Waals surface area contributed by atoms with Crippen LogP contribution in [0.3, 0.4) is 0 Å². The van der Waals surface area contributed by atoms with E-state index in [9.17, 15) is 8.78 Å². The zero-order valence-electron chi connectivity index (χ0n) is 6.80. The average molecular weight is 179 g/mol. The summed E-state index contributed by atoms with van der Waals surface area (Å²) in [6.45, 7) is 0. The number of benzene rings is 1. The van der Waals surface area contributed by atoms with Crippen molar-refractivity contribution in [1.82, 2.24) is 0 Å². The molecule has 0 atom stereocenters. The molecule has 2 rings (SSSR count). The van der Waals surface area contributed by atoms with Crippen LogP contribution in [0.4, 0.5) is 8.78 Å². The van der Waals surface area contributed by atoms with Crippen LogP contribution in [0.2, 0.25) is 0 Å². The number of aliphatic imine (C=N–C) groups is 1. The average Bonchev–Trinajstić information content (AvgIpc) is 2.56. The first-order chi connectivity index (χ1) is 6.27. The standard InChI is InChI=1S/C10H7F2N/c11-7-3-4-8(9(12)6-7)10-2-1-5-13-10/h2-6H,1H2. The highest BCUT2D eigenvalue weighted by atomic mass is 19.1. The van der Waals surface area contributed by atoms with Gasteiger partial charge in [0.2, 0.25) is 0 Å². The Morgan fingerprint density at radius 3 is 2.69 bits per heavy atom. The smallest absolute Gasteiger partial charge is 0.135 e. The summed E-state index contributed by atoms with van der Waals surface area (Å²) in [7, 11) is 0. The van der Waals surface area contributed by atoms with Crippen molar-refractivity contribution in [2.45, 2.75) is 6.42 Å². The van der Waals surface area contributed by atoms with E-state index in [1.54, 1.807) is 12.3 Å². The summed E-state index contributed by atoms with van der Waals surface area (Å²) < 4.78 is 25.7. The zero-order chi connectivity index (χ0) is 9.26. The van der Waals surface area contributed by atoms with E-state index in [1.807, 2.05) is 0 Å². The highest BCUT2D eigenvalue weighted by Crippen LogP contribution is 2.22. The van der Waals surface area contributed by atoms with Gasteiger partial charge in [0, 0.05) is 24.3 Å². The fourth-order valence-corrected chi connectivity index (χ4v) is 1.24. The summed E-state index contributed by atoms with van der Waals surface area (Å²) in [5.41, 5.74) is 0.938. The van der Waals surface area contributed by atoms with Gasteiger partial charge in [-0.15, -0.1) is 0 Å². The third kappa shape index (κ3) is 1.49. The maximum Gasteiger partial charge on any atom is 0.135 e. The zero-order valence-corrected chi connectivity index (χ0v) is 6.80. The summed E-state index contributed by atoms with van der Waals surface area (Å²) in [6.07, 6.45) is 4.21. The Morgan fingerprint density at radius 2 is 2.08 bits per heavy atom. The van der Waals surface area contributed by atoms with Crippen LogP contribution in [0, 0.1) is 11.6 Å². The Balaban J connectivity index is 2.46. The molecule has 0 saturated carbocycles. The predicted molar refractivity (Wildman–Crippen MR) is 47.4 cm³/mol. The van der Waals surface area contributed by atoms with E-state index >= 15 is 0 Å². The lowest BCUT2D eigenvalue weighted by Crippen LogP contribution is -1.87. The summed E-state index contributed by atoms with van der Waals surface area (Å²) >= 11 is 0. The molecule has 0 aromatic heterocycles. The predicted octanol–water partition coefficient (Wildman–Crippen LogP) is 2.78. The van der Waals surface area contributed by atoms with Crippen molar-refractivity contribution < 1.29 is 8.78 Å². The first kappa shape index (κ1) is 8.10. The highest BCUT2D eigenvalue weighted by molar-refractivity contribution is 5.81. The van der Waals surface area contributed by atoms with Crippen molar-refractivity contribution in [2.75, 3.05) is 0 Å². The number of hydrogen-bond donors (Lipinski definition) is 0. The molecule has 1 aromatic carbocycles. The molecule has 1 aliphatic rings. The number of nitrogens with zero attached hydrogens (tertiary/aromatic N) is 1. The minimum absolute atomic E-state index is 0.357. The Kier molecular flexibility index (Phi) is 1.93. The largest absolute Gasteiger partial charge is 0.261 e. The lowest BCUT2D eigenvalue weighted by atomic mass is 10.1. The molecule has 0 unspecified atom stereocenters. The van der Waals surface area contributed by atoms with E-state index in [0.29, 0.717) is 17.7 Å². The molecule has 0 fully saturated rings. The molecule has 1 heterocycles. The molecular weight excluding hydrogens is 172 g/mol. The van der Waals surface area contributed by atoms with Crippen molar-refractivity contribution in [3.63, 3.8) is 0 Å². The minimum Gasteiger partial charge on any atom is -0.261 e. The van der Waals surface area contributed by atoms with Gasteiger partial charge in [-0.2, -0.15) is 0 Å². The van der Waals surface area contributed by atoms with Gasteiger partial charge in [-0.25, -0.2) is 8.78 Å². The van der Waals surface area contributed by atoms with Crippen LogP contribution in [0.5, 0.6) is 0 Å². The molecule has 0 amide bonds. The fraction of sp³-hybridized carbons (Fsp3) is 0.100. The van der Waals surface area contributed by atoms with E-state index in [-0.39, 0.29) is 0 Å². The number of rotatable bonds is 1. The summed E-state index contributed by atoms with van der Waals surface area (Å²) in [5, 5.41) is 0. The van der Waals surface area contributed by atoms with Crippen molar-refractivity contribution >= 4 is 11.9 Å². The van der Waals surface area contributed by atoms with Crippen molar-refractivity contribution in [2.24, 2.45) is 4.99 Å². The molecular formula is C10H7F2N. The normalized spacial score (nSPS) is 14.8. The van der Waals surface area contributed by atoms with Gasteiger partial charge < -0.3 is 0 Å². The topological polar surface area (TPSA) is 12.4 Å². The van der Waals surface area contributed by atoms with Crippen molar-refractivity contribution in [3.05, 3.63) is 41.5 Å². The lowest BCUT2D eigenvalue weighted by Gasteiger charge is -2.00. The molecule has 0 saturated heterocycles. The first-order valence-electron chi connectivity index (χ1n) is 3.95. The molecule has 3 heteroatoms. The van der Waals surface area contributed by atoms with E-state index in [0.717, 1.165) is 6.07 Å². The first-order valence-corrected chi connectivity index (χ1v) is 3.95. The number of halogens is 2. The number of hydrogen-bond acceptors (Lipinski definition) is 1. The number of allylic oxidation sites excluding steroid dienone is 1.